The van der Waals surface area contributed by atoms with Crippen LogP contribution in [0.2, 0.25) is 0 Å². The predicted octanol–water partition coefficient (Wildman–Crippen LogP) is 2.01. The molecule has 0 radical (unpaired) electrons. The van der Waals surface area contributed by atoms with Crippen LogP contribution in [-0.2, 0) is 6.54 Å². The first-order chi connectivity index (χ1) is 14.6. The molecule has 0 unspecified atom stereocenters. The molecule has 30 heavy (non-hydrogen) atoms. The van der Waals surface area contributed by atoms with Gasteiger partial charge in [-0.3, -0.25) is 14.6 Å². The number of carbonyl (C=O) groups is 1. The summed E-state index contributed by atoms with van der Waals surface area (Å²) in [5.41, 5.74) is 2.36. The molecule has 2 bridgehead atoms. The number of pyridine rings is 2. The van der Waals surface area contributed by atoms with Crippen LogP contribution < -0.4 is 10.9 Å². The Bertz CT molecular complexity index is 981. The number of likely N-dealkylation sites (tertiary alicyclic amines) is 2. The molecule has 0 saturated carbocycles. The fraction of sp³-hybridized carbons (Fsp3) is 0.522. The molecule has 3 aliphatic rings. The van der Waals surface area contributed by atoms with Crippen LogP contribution in [0.25, 0.3) is 0 Å². The number of nitrogens with one attached hydrogen (secondary N) is 1. The van der Waals surface area contributed by atoms with Gasteiger partial charge in [0.05, 0.1) is 0 Å². The highest BCUT2D eigenvalue weighted by Crippen LogP contribution is 2.36. The van der Waals surface area contributed by atoms with Gasteiger partial charge in [-0.25, -0.2) is 0 Å². The van der Waals surface area contributed by atoms with Crippen molar-refractivity contribution in [1.82, 2.24) is 19.4 Å². The van der Waals surface area contributed by atoms with Crippen molar-refractivity contribution in [3.63, 3.8) is 0 Å². The molecular formula is C23H29N5O2. The second-order valence-electron chi connectivity index (χ2n) is 9.03. The summed E-state index contributed by atoms with van der Waals surface area (Å²) in [4.78, 5) is 34.6. The fourth-order valence-electron chi connectivity index (χ4n) is 5.25. The van der Waals surface area contributed by atoms with Gasteiger partial charge in [-0.2, -0.15) is 0 Å². The van der Waals surface area contributed by atoms with Crippen molar-refractivity contribution in [2.75, 3.05) is 38.5 Å². The van der Waals surface area contributed by atoms with Gasteiger partial charge in [0, 0.05) is 43.5 Å². The third-order valence-electron chi connectivity index (χ3n) is 6.85. The molecule has 1 amide bonds. The molecule has 1 N–H and O–H groups in total. The molecule has 2 aromatic heterocycles. The minimum atomic E-state index is -0.0124. The summed E-state index contributed by atoms with van der Waals surface area (Å²) in [6.07, 6.45) is 4.82. The summed E-state index contributed by atoms with van der Waals surface area (Å²) in [6, 6.07) is 9.84. The Morgan fingerprint density at radius 3 is 2.70 bits per heavy atom. The van der Waals surface area contributed by atoms with E-state index in [1.807, 2.05) is 27.7 Å². The smallest absolute Gasteiger partial charge is 0.274 e. The summed E-state index contributed by atoms with van der Waals surface area (Å²) >= 11 is 0. The van der Waals surface area contributed by atoms with Gasteiger partial charge < -0.3 is 19.7 Å². The maximum Gasteiger partial charge on any atom is 0.274 e. The summed E-state index contributed by atoms with van der Waals surface area (Å²) < 4.78 is 1.96. The van der Waals surface area contributed by atoms with Gasteiger partial charge in [-0.15, -0.1) is 0 Å². The molecule has 0 aliphatic carbocycles. The first kappa shape index (κ1) is 19.3. The summed E-state index contributed by atoms with van der Waals surface area (Å²) in [5.74, 6) is 0.497. The zero-order valence-corrected chi connectivity index (χ0v) is 17.5. The Labute approximate surface area is 176 Å². The molecule has 0 aromatic carbocycles. The van der Waals surface area contributed by atoms with E-state index in [-0.39, 0.29) is 17.4 Å². The number of hydrogen-bond donors (Lipinski definition) is 1. The largest absolute Gasteiger partial charge is 0.378 e. The van der Waals surface area contributed by atoms with Gasteiger partial charge in [0.1, 0.15) is 11.4 Å². The number of fused-ring (bicyclic) bond motifs is 4. The molecule has 7 nitrogen and oxygen atoms in total. The number of anilines is 1. The third kappa shape index (κ3) is 3.62. The lowest BCUT2D eigenvalue weighted by Gasteiger charge is -2.42. The summed E-state index contributed by atoms with van der Waals surface area (Å²) in [7, 11) is 2.14. The quantitative estimate of drug-likeness (QED) is 0.843. The van der Waals surface area contributed by atoms with Gasteiger partial charge >= 0.3 is 0 Å². The lowest BCUT2D eigenvalue weighted by atomic mass is 9.83. The van der Waals surface area contributed by atoms with E-state index in [9.17, 15) is 9.59 Å². The molecule has 7 heteroatoms. The SMILES string of the molecule is CN1CCC(Nc2ccc3n(c2=O)C[C@@H]2C[C@@H]3CN(C(=O)c3ccccn3)C2)CC1. The maximum atomic E-state index is 13.2. The maximum absolute atomic E-state index is 13.2. The first-order valence-corrected chi connectivity index (χ1v) is 11.0. The van der Waals surface area contributed by atoms with E-state index in [2.05, 4.69) is 28.3 Å². The number of rotatable bonds is 3. The van der Waals surface area contributed by atoms with Crippen LogP contribution in [0.1, 0.15) is 41.4 Å². The van der Waals surface area contributed by atoms with Gasteiger partial charge in [-0.05, 0) is 69.6 Å². The molecular weight excluding hydrogens is 378 g/mol. The Morgan fingerprint density at radius 2 is 1.93 bits per heavy atom. The van der Waals surface area contributed by atoms with Gasteiger partial charge in [0.2, 0.25) is 0 Å². The number of carbonyl (C=O) groups excluding carboxylic acids is 1. The molecule has 3 aliphatic heterocycles. The Morgan fingerprint density at radius 1 is 1.10 bits per heavy atom. The van der Waals surface area contributed by atoms with E-state index in [4.69, 9.17) is 0 Å². The van der Waals surface area contributed by atoms with E-state index in [1.165, 1.54) is 0 Å². The van der Waals surface area contributed by atoms with Crippen LogP contribution in [0.5, 0.6) is 0 Å². The predicted molar refractivity (Wildman–Crippen MR) is 116 cm³/mol. The highest BCUT2D eigenvalue weighted by atomic mass is 16.2. The number of amides is 1. The molecule has 5 rings (SSSR count). The van der Waals surface area contributed by atoms with E-state index in [1.54, 1.807) is 12.3 Å². The van der Waals surface area contributed by atoms with Crippen molar-refractivity contribution < 1.29 is 4.79 Å². The van der Waals surface area contributed by atoms with Gasteiger partial charge in [-0.1, -0.05) is 6.07 Å². The lowest BCUT2D eigenvalue weighted by molar-refractivity contribution is 0.0589. The Hall–Kier alpha value is -2.67. The van der Waals surface area contributed by atoms with Crippen LogP contribution in [0.4, 0.5) is 5.69 Å². The zero-order chi connectivity index (χ0) is 20.7. The van der Waals surface area contributed by atoms with Crippen molar-refractivity contribution >= 4 is 11.6 Å². The zero-order valence-electron chi connectivity index (χ0n) is 17.5. The lowest BCUT2D eigenvalue weighted by Crippen LogP contribution is -2.49. The molecule has 2 saturated heterocycles. The Balaban J connectivity index is 1.35. The van der Waals surface area contributed by atoms with Gasteiger partial charge in [0.15, 0.2) is 0 Å². The monoisotopic (exact) mass is 407 g/mol. The molecule has 5 heterocycles. The standard InChI is InChI=1S/C23H29N5O2/c1-26-10-7-18(8-11-26)25-20-5-6-21-17-12-16(14-28(21)23(20)30)13-27(15-17)22(29)19-4-2-3-9-24-19/h2-6,9,16-18,25H,7-8,10-15H2,1H3/t16-,17-/m1/s1. The van der Waals surface area contributed by atoms with Crippen molar-refractivity contribution in [2.24, 2.45) is 5.92 Å². The van der Waals surface area contributed by atoms with Crippen LogP contribution in [-0.4, -0.2) is 64.5 Å². The van der Waals surface area contributed by atoms with Crippen LogP contribution in [0, 0.1) is 5.92 Å². The second-order valence-corrected chi connectivity index (χ2v) is 9.03. The van der Waals surface area contributed by atoms with Crippen LogP contribution >= 0.6 is 0 Å². The van der Waals surface area contributed by atoms with E-state index in [0.29, 0.717) is 37.3 Å². The van der Waals surface area contributed by atoms with Crippen molar-refractivity contribution in [2.45, 2.75) is 37.8 Å². The molecule has 2 atom stereocenters. The van der Waals surface area contributed by atoms with Crippen LogP contribution in [0.15, 0.2) is 41.3 Å². The number of nitrogens with zero attached hydrogens (tertiary/aromatic N) is 4. The molecule has 2 aromatic rings. The van der Waals surface area contributed by atoms with Crippen molar-refractivity contribution in [1.29, 1.82) is 0 Å². The van der Waals surface area contributed by atoms with Gasteiger partial charge in [0.25, 0.3) is 11.5 Å². The number of hydrogen-bond acceptors (Lipinski definition) is 5. The topological polar surface area (TPSA) is 70.5 Å². The van der Waals surface area contributed by atoms with Crippen molar-refractivity contribution in [3.05, 3.63) is 58.3 Å². The summed E-state index contributed by atoms with van der Waals surface area (Å²) in [5, 5.41) is 3.50. The van der Waals surface area contributed by atoms with E-state index >= 15 is 0 Å². The average Bonchev–Trinajstić information content (AvgIpc) is 2.77. The third-order valence-corrected chi connectivity index (χ3v) is 6.85. The minimum Gasteiger partial charge on any atom is -0.378 e. The minimum absolute atomic E-state index is 0.0124. The molecule has 158 valence electrons. The normalized spacial score (nSPS) is 24.4. The molecule has 0 spiro atoms. The molecule has 2 fully saturated rings. The van der Waals surface area contributed by atoms with E-state index in [0.717, 1.165) is 43.7 Å². The first-order valence-electron chi connectivity index (χ1n) is 11.0. The summed E-state index contributed by atoms with van der Waals surface area (Å²) in [6.45, 7) is 4.14. The Kier molecular flexibility index (Phi) is 5.06. The fourth-order valence-corrected chi connectivity index (χ4v) is 5.25. The van der Waals surface area contributed by atoms with E-state index < -0.39 is 0 Å². The average molecular weight is 408 g/mol. The second kappa shape index (κ2) is 7.87. The number of piperidine rings is 2. The number of aromatic nitrogens is 2. The highest BCUT2D eigenvalue weighted by Gasteiger charge is 2.37. The van der Waals surface area contributed by atoms with Crippen LogP contribution in [0.3, 0.4) is 0 Å². The van der Waals surface area contributed by atoms with Crippen molar-refractivity contribution in [3.8, 4) is 0 Å². The highest BCUT2D eigenvalue weighted by molar-refractivity contribution is 5.92.